The fraction of sp³-hybridized carbons (Fsp3) is 0.608. The van der Waals surface area contributed by atoms with Crippen molar-refractivity contribution in [3.05, 3.63) is 59.8 Å². The number of imide groups is 1. The van der Waals surface area contributed by atoms with E-state index in [0.717, 1.165) is 33.5 Å². The van der Waals surface area contributed by atoms with Gasteiger partial charge in [0.1, 0.15) is 23.3 Å². The van der Waals surface area contributed by atoms with E-state index >= 15 is 0 Å². The van der Waals surface area contributed by atoms with Crippen molar-refractivity contribution in [2.45, 2.75) is 163 Å². The summed E-state index contributed by atoms with van der Waals surface area (Å²) in [7, 11) is 5.03. The van der Waals surface area contributed by atoms with Gasteiger partial charge >= 0.3 is 12.1 Å². The first kappa shape index (κ1) is 55.5. The molecule has 0 unspecified atom stereocenters. The average Bonchev–Trinajstić information content (AvgIpc) is 3.71. The lowest BCUT2D eigenvalue weighted by Crippen LogP contribution is -2.63. The van der Waals surface area contributed by atoms with Gasteiger partial charge in [-0.2, -0.15) is 0 Å². The van der Waals surface area contributed by atoms with Gasteiger partial charge < -0.3 is 29.6 Å². The molecule has 0 saturated heterocycles. The largest absolute Gasteiger partial charge is 0.460 e. The Morgan fingerprint density at radius 1 is 0.791 bits per heavy atom. The average molecular weight is 933 g/mol. The molecule has 0 bridgehead atoms. The topological polar surface area (TPSA) is 194 Å². The van der Waals surface area contributed by atoms with Gasteiger partial charge in [0.2, 0.25) is 17.7 Å². The predicted octanol–water partition coefficient (Wildman–Crippen LogP) is 6.53. The number of ether oxygens (including phenoxy) is 2. The molecule has 0 aliphatic carbocycles. The molecule has 2 aromatic rings. The Bertz CT molecular complexity index is 2230. The van der Waals surface area contributed by atoms with Gasteiger partial charge in [-0.15, -0.1) is 0 Å². The number of carbonyl (C=O) groups is 8. The monoisotopic (exact) mass is 933 g/mol. The van der Waals surface area contributed by atoms with E-state index in [9.17, 15) is 38.4 Å². The number of Topliss-reactive ketones (excluding diaryl/α,β-unsaturated/α-hetero) is 1. The highest BCUT2D eigenvalue weighted by Crippen LogP contribution is 2.37. The molecule has 16 nitrogen and oxygen atoms in total. The highest BCUT2D eigenvalue weighted by molar-refractivity contribution is 6.12. The molecule has 4 atom stereocenters. The van der Waals surface area contributed by atoms with Crippen LogP contribution in [0.4, 0.5) is 4.79 Å². The molecule has 1 aliphatic rings. The summed E-state index contributed by atoms with van der Waals surface area (Å²) >= 11 is 0. The Hall–Kier alpha value is -5.80. The van der Waals surface area contributed by atoms with E-state index < -0.39 is 93.6 Å². The molecule has 1 aromatic carbocycles. The Balaban J connectivity index is 1.95. The lowest BCUT2D eigenvalue weighted by molar-refractivity contribution is -0.155. The van der Waals surface area contributed by atoms with E-state index in [1.54, 1.807) is 61.6 Å². The Labute approximate surface area is 397 Å². The van der Waals surface area contributed by atoms with E-state index in [0.29, 0.717) is 0 Å². The number of nitrogens with one attached hydrogen (secondary N) is 2. The summed E-state index contributed by atoms with van der Waals surface area (Å²) in [6.45, 7) is 25.0. The summed E-state index contributed by atoms with van der Waals surface area (Å²) in [5.41, 5.74) is -1.53. The van der Waals surface area contributed by atoms with Crippen LogP contribution in [0.15, 0.2) is 54.3 Å². The van der Waals surface area contributed by atoms with Crippen LogP contribution < -0.4 is 10.6 Å². The molecule has 2 heterocycles. The smallest absolute Gasteiger partial charge is 0.410 e. The van der Waals surface area contributed by atoms with Gasteiger partial charge in [-0.05, 0) is 84.3 Å². The van der Waals surface area contributed by atoms with Crippen molar-refractivity contribution < 1.29 is 47.8 Å². The minimum Gasteiger partial charge on any atom is -0.460 e. The second kappa shape index (κ2) is 21.9. The van der Waals surface area contributed by atoms with E-state index in [1.165, 1.54) is 16.8 Å². The lowest BCUT2D eigenvalue weighted by atomic mass is 9.76. The van der Waals surface area contributed by atoms with E-state index in [-0.39, 0.29) is 43.7 Å². The lowest BCUT2D eigenvalue weighted by Gasteiger charge is -2.42. The molecule has 2 N–H and O–H groups in total. The number of nitrogens with zero attached hydrogens (tertiary/aromatic N) is 4. The Morgan fingerprint density at radius 2 is 1.36 bits per heavy atom. The molecule has 16 heteroatoms. The van der Waals surface area contributed by atoms with Crippen molar-refractivity contribution in [2.75, 3.05) is 20.6 Å². The normalized spacial score (nSPS) is 15.6. The first-order valence-electron chi connectivity index (χ1n) is 23.0. The van der Waals surface area contributed by atoms with Crippen molar-refractivity contribution in [2.24, 2.45) is 18.4 Å². The SMILES string of the molecule is C/C(=C\[C@H](C(C)C)N(C)C(=O)[C@@H](NC(=O)[C@@H](N(C)C(=O)OC(C)(C)C)C(C)(C)c1cn(C)c2ccccc12)C(C)(C)C)C(=O)N[C@H](CCC(=O)OC(C)(C)C)C(=O)CCCN1C(=O)C=CC1=O. The number of aryl methyl sites for hydroxylation is 1. The third-order valence-electron chi connectivity index (χ3n) is 11.7. The van der Waals surface area contributed by atoms with Gasteiger partial charge in [0.05, 0.1) is 12.1 Å². The number of amides is 6. The number of benzene rings is 1. The molecule has 0 radical (unpaired) electrons. The fourth-order valence-electron chi connectivity index (χ4n) is 8.21. The van der Waals surface area contributed by atoms with Crippen molar-refractivity contribution in [3.63, 3.8) is 0 Å². The van der Waals surface area contributed by atoms with E-state index in [4.69, 9.17) is 9.47 Å². The fourth-order valence-corrected chi connectivity index (χ4v) is 8.21. The van der Waals surface area contributed by atoms with Crippen LogP contribution in [0.3, 0.4) is 0 Å². The van der Waals surface area contributed by atoms with Crippen molar-refractivity contribution in [3.8, 4) is 0 Å². The number of hydrogen-bond acceptors (Lipinski definition) is 10. The van der Waals surface area contributed by atoms with Gasteiger partial charge in [0, 0.05) is 80.8 Å². The first-order chi connectivity index (χ1) is 30.7. The van der Waals surface area contributed by atoms with Crippen molar-refractivity contribution >= 4 is 58.3 Å². The maximum absolute atomic E-state index is 15.0. The van der Waals surface area contributed by atoms with Gasteiger partial charge in [0.25, 0.3) is 11.8 Å². The minimum absolute atomic E-state index is 0.0115. The Kier molecular flexibility index (Phi) is 18.1. The van der Waals surface area contributed by atoms with Crippen LogP contribution in [0.5, 0.6) is 0 Å². The maximum Gasteiger partial charge on any atom is 0.410 e. The maximum atomic E-state index is 15.0. The molecular formula is C51H76N6O10. The molecule has 0 saturated carbocycles. The van der Waals surface area contributed by atoms with Crippen molar-refractivity contribution in [1.29, 1.82) is 0 Å². The second-order valence-corrected chi connectivity index (χ2v) is 21.6. The van der Waals surface area contributed by atoms with Gasteiger partial charge in [-0.25, -0.2) is 4.79 Å². The van der Waals surface area contributed by atoms with Crippen LogP contribution in [0, 0.1) is 11.3 Å². The molecule has 1 aromatic heterocycles. The molecule has 0 fully saturated rings. The molecule has 1 aliphatic heterocycles. The first-order valence-corrected chi connectivity index (χ1v) is 23.0. The van der Waals surface area contributed by atoms with Crippen molar-refractivity contribution in [1.82, 2.24) is 29.9 Å². The quantitative estimate of drug-likeness (QED) is 0.0889. The minimum atomic E-state index is -1.16. The summed E-state index contributed by atoms with van der Waals surface area (Å²) in [4.78, 5) is 112. The third-order valence-corrected chi connectivity index (χ3v) is 11.7. The molecule has 6 amide bonds. The predicted molar refractivity (Wildman–Crippen MR) is 257 cm³/mol. The number of rotatable bonds is 19. The second-order valence-electron chi connectivity index (χ2n) is 21.6. The summed E-state index contributed by atoms with van der Waals surface area (Å²) in [6, 6.07) is 3.75. The van der Waals surface area contributed by atoms with Gasteiger partial charge in [-0.3, -0.25) is 43.4 Å². The van der Waals surface area contributed by atoms with Gasteiger partial charge in [0.15, 0.2) is 5.78 Å². The number of esters is 1. The molecule has 0 spiro atoms. The Morgan fingerprint density at radius 3 is 1.90 bits per heavy atom. The number of aromatic nitrogens is 1. The zero-order chi connectivity index (χ0) is 51.1. The van der Waals surface area contributed by atoms with Crippen LogP contribution in [0.2, 0.25) is 0 Å². The number of carbonyl (C=O) groups excluding carboxylic acids is 8. The zero-order valence-electron chi connectivity index (χ0n) is 42.9. The molecular weight excluding hydrogens is 857 g/mol. The molecule has 3 rings (SSSR count). The van der Waals surface area contributed by atoms with Crippen LogP contribution in [-0.4, -0.2) is 123 Å². The summed E-state index contributed by atoms with van der Waals surface area (Å²) in [5, 5.41) is 6.73. The highest BCUT2D eigenvalue weighted by atomic mass is 16.6. The molecule has 67 heavy (non-hydrogen) atoms. The number of ketones is 1. The number of likely N-dealkylation sites (N-methyl/N-ethyl adjacent to an activating group) is 2. The molecule has 370 valence electrons. The van der Waals surface area contributed by atoms with E-state index in [1.807, 2.05) is 90.5 Å². The van der Waals surface area contributed by atoms with Crippen LogP contribution >= 0.6 is 0 Å². The number of para-hydroxylation sites is 1. The van der Waals surface area contributed by atoms with Crippen LogP contribution in [-0.2, 0) is 55.5 Å². The van der Waals surface area contributed by atoms with E-state index in [2.05, 4.69) is 10.6 Å². The third kappa shape index (κ3) is 14.8. The number of hydrogen-bond donors (Lipinski definition) is 2. The summed E-state index contributed by atoms with van der Waals surface area (Å²) < 4.78 is 13.2. The summed E-state index contributed by atoms with van der Waals surface area (Å²) in [5.74, 6) is -3.74. The number of fused-ring (bicyclic) bond motifs is 1. The highest BCUT2D eigenvalue weighted by Gasteiger charge is 2.47. The zero-order valence-corrected chi connectivity index (χ0v) is 42.9. The summed E-state index contributed by atoms with van der Waals surface area (Å²) in [6.07, 6.45) is 5.04. The van der Waals surface area contributed by atoms with Gasteiger partial charge in [-0.1, -0.05) is 72.7 Å². The standard InChI is InChI=1S/C51H76N6O10/c1-31(2)37(29-32(3)44(62)52-35(24-27-41(61)66-49(7,8)9)38(58)23-20-28-57-39(59)25-26-40(57)60)55(16)46(64)42(48(4,5)6)53-45(63)43(56(17)47(65)67-50(10,11)12)51(13,14)34-30-54(15)36-22-19-18-21-33(34)36/h18-19,21-22,25-26,29-31,35,37,42-43H,20,23-24,27-28H2,1-17H3,(H,52,62)(H,53,63)/b32-29+/t35-,37-,42-,43-/m1/s1. The van der Waals surface area contributed by atoms with Crippen LogP contribution in [0.25, 0.3) is 10.9 Å². The van der Waals surface area contributed by atoms with Crippen LogP contribution in [0.1, 0.15) is 128 Å².